The van der Waals surface area contributed by atoms with Crippen molar-refractivity contribution < 1.29 is 8.42 Å². The van der Waals surface area contributed by atoms with Crippen LogP contribution in [0, 0.1) is 0 Å². The van der Waals surface area contributed by atoms with E-state index >= 15 is 0 Å². The summed E-state index contributed by atoms with van der Waals surface area (Å²) in [6.45, 7) is 1.15. The van der Waals surface area contributed by atoms with Crippen molar-refractivity contribution in [2.24, 2.45) is 0 Å². The Kier molecular flexibility index (Phi) is 2.40. The SMILES string of the molecule is O=S1(=O)CCNCC1c1cccs1. The molecule has 0 amide bonds. The summed E-state index contributed by atoms with van der Waals surface area (Å²) in [5.74, 6) is 0.259. The van der Waals surface area contributed by atoms with E-state index in [1.165, 1.54) is 11.3 Å². The number of nitrogens with one attached hydrogen (secondary N) is 1. The maximum atomic E-state index is 11.6. The molecule has 2 rings (SSSR count). The summed E-state index contributed by atoms with van der Waals surface area (Å²) in [4.78, 5) is 0.951. The monoisotopic (exact) mass is 217 g/mol. The largest absolute Gasteiger partial charge is 0.314 e. The quantitative estimate of drug-likeness (QED) is 0.757. The summed E-state index contributed by atoms with van der Waals surface area (Å²) in [6.07, 6.45) is 0. The van der Waals surface area contributed by atoms with Gasteiger partial charge in [-0.25, -0.2) is 8.42 Å². The molecule has 1 fully saturated rings. The molecule has 5 heteroatoms. The zero-order chi connectivity index (χ0) is 9.31. The molecular weight excluding hydrogens is 206 g/mol. The van der Waals surface area contributed by atoms with Crippen LogP contribution < -0.4 is 5.32 Å². The lowest BCUT2D eigenvalue weighted by molar-refractivity contribution is 0.553. The summed E-state index contributed by atoms with van der Waals surface area (Å²) in [7, 11) is -2.90. The molecule has 0 aliphatic carbocycles. The molecule has 1 aromatic rings. The molecule has 0 spiro atoms. The first-order chi connectivity index (χ1) is 6.20. The lowest BCUT2D eigenvalue weighted by Crippen LogP contribution is -2.38. The van der Waals surface area contributed by atoms with Crippen LogP contribution in [0.2, 0.25) is 0 Å². The predicted octanol–water partition coefficient (Wildman–Crippen LogP) is 0.807. The zero-order valence-corrected chi connectivity index (χ0v) is 8.70. The first-order valence-corrected chi connectivity index (χ1v) is 6.75. The van der Waals surface area contributed by atoms with E-state index in [4.69, 9.17) is 0 Å². The van der Waals surface area contributed by atoms with E-state index in [1.54, 1.807) is 0 Å². The molecule has 1 atom stereocenters. The van der Waals surface area contributed by atoms with Gasteiger partial charge in [0.25, 0.3) is 0 Å². The van der Waals surface area contributed by atoms with E-state index in [0.717, 1.165) is 4.88 Å². The smallest absolute Gasteiger partial charge is 0.160 e. The topological polar surface area (TPSA) is 46.2 Å². The average Bonchev–Trinajstić information content (AvgIpc) is 2.55. The first-order valence-electron chi connectivity index (χ1n) is 4.16. The predicted molar refractivity (Wildman–Crippen MR) is 53.7 cm³/mol. The third-order valence-electron chi connectivity index (χ3n) is 2.19. The second kappa shape index (κ2) is 3.40. The summed E-state index contributed by atoms with van der Waals surface area (Å²) < 4.78 is 23.3. The van der Waals surface area contributed by atoms with Crippen molar-refractivity contribution in [2.45, 2.75) is 5.25 Å². The third kappa shape index (κ3) is 1.77. The van der Waals surface area contributed by atoms with Crippen molar-refractivity contribution in [3.63, 3.8) is 0 Å². The Morgan fingerprint density at radius 2 is 2.38 bits per heavy atom. The molecule has 0 radical (unpaired) electrons. The Morgan fingerprint density at radius 1 is 1.54 bits per heavy atom. The summed E-state index contributed by atoms with van der Waals surface area (Å²) in [5, 5.41) is 4.70. The van der Waals surface area contributed by atoms with E-state index in [0.29, 0.717) is 13.1 Å². The first kappa shape index (κ1) is 9.18. The van der Waals surface area contributed by atoms with Crippen LogP contribution in [0.15, 0.2) is 17.5 Å². The van der Waals surface area contributed by atoms with Gasteiger partial charge in [-0.2, -0.15) is 0 Å². The van der Waals surface area contributed by atoms with Gasteiger partial charge in [-0.15, -0.1) is 11.3 Å². The Labute approximate surface area is 81.7 Å². The fourth-order valence-electron chi connectivity index (χ4n) is 1.47. The minimum atomic E-state index is -2.90. The van der Waals surface area contributed by atoms with Crippen molar-refractivity contribution in [2.75, 3.05) is 18.8 Å². The van der Waals surface area contributed by atoms with Gasteiger partial charge in [-0.3, -0.25) is 0 Å². The van der Waals surface area contributed by atoms with E-state index in [2.05, 4.69) is 5.32 Å². The van der Waals surface area contributed by atoms with Crippen molar-refractivity contribution >= 4 is 21.2 Å². The van der Waals surface area contributed by atoms with E-state index in [1.807, 2.05) is 17.5 Å². The highest BCUT2D eigenvalue weighted by atomic mass is 32.2. The van der Waals surface area contributed by atoms with Crippen molar-refractivity contribution in [1.82, 2.24) is 5.32 Å². The lowest BCUT2D eigenvalue weighted by atomic mass is 10.3. The molecule has 0 aromatic carbocycles. The standard InChI is InChI=1S/C8H11NO2S2/c10-13(11)5-3-9-6-8(13)7-2-1-4-12-7/h1-2,4,8-9H,3,5-6H2. The molecule has 1 aromatic heterocycles. The highest BCUT2D eigenvalue weighted by Crippen LogP contribution is 2.27. The number of hydrogen-bond donors (Lipinski definition) is 1. The van der Waals surface area contributed by atoms with Crippen LogP contribution >= 0.6 is 11.3 Å². The molecule has 2 heterocycles. The Balaban J connectivity index is 2.32. The van der Waals surface area contributed by atoms with Gasteiger partial charge in [-0.1, -0.05) is 6.07 Å². The van der Waals surface area contributed by atoms with Gasteiger partial charge >= 0.3 is 0 Å². The Morgan fingerprint density at radius 3 is 3.00 bits per heavy atom. The van der Waals surface area contributed by atoms with Crippen LogP contribution in [0.3, 0.4) is 0 Å². The van der Waals surface area contributed by atoms with Crippen molar-refractivity contribution in [3.8, 4) is 0 Å². The van der Waals surface area contributed by atoms with Gasteiger partial charge in [0, 0.05) is 18.0 Å². The Bertz CT molecular complexity index is 369. The molecule has 13 heavy (non-hydrogen) atoms. The highest BCUT2D eigenvalue weighted by molar-refractivity contribution is 7.91. The molecular formula is C8H11NO2S2. The zero-order valence-electron chi connectivity index (χ0n) is 7.06. The average molecular weight is 217 g/mol. The van der Waals surface area contributed by atoms with Crippen LogP contribution in [0.25, 0.3) is 0 Å². The Hall–Kier alpha value is -0.390. The summed E-state index contributed by atoms with van der Waals surface area (Å²) >= 11 is 1.51. The van der Waals surface area contributed by atoms with Gasteiger partial charge in [0.1, 0.15) is 5.25 Å². The number of sulfone groups is 1. The van der Waals surface area contributed by atoms with E-state index in [9.17, 15) is 8.42 Å². The molecule has 1 aliphatic rings. The second-order valence-corrected chi connectivity index (χ2v) is 6.36. The van der Waals surface area contributed by atoms with Crippen LogP contribution in [-0.4, -0.2) is 27.3 Å². The maximum Gasteiger partial charge on any atom is 0.160 e. The number of rotatable bonds is 1. The summed E-state index contributed by atoms with van der Waals surface area (Å²) in [5.41, 5.74) is 0. The molecule has 1 aliphatic heterocycles. The van der Waals surface area contributed by atoms with Gasteiger partial charge in [-0.05, 0) is 11.4 Å². The van der Waals surface area contributed by atoms with E-state index < -0.39 is 9.84 Å². The third-order valence-corrected chi connectivity index (χ3v) is 5.38. The minimum absolute atomic E-state index is 0.259. The fourth-order valence-corrected chi connectivity index (χ4v) is 4.30. The molecule has 3 nitrogen and oxygen atoms in total. The molecule has 72 valence electrons. The number of thiophene rings is 1. The van der Waals surface area contributed by atoms with Crippen LogP contribution in [0.5, 0.6) is 0 Å². The molecule has 0 saturated carbocycles. The van der Waals surface area contributed by atoms with Gasteiger partial charge in [0.2, 0.25) is 0 Å². The maximum absolute atomic E-state index is 11.6. The van der Waals surface area contributed by atoms with Gasteiger partial charge < -0.3 is 5.32 Å². The van der Waals surface area contributed by atoms with Gasteiger partial charge in [0.05, 0.1) is 5.75 Å². The van der Waals surface area contributed by atoms with E-state index in [-0.39, 0.29) is 11.0 Å². The van der Waals surface area contributed by atoms with Crippen LogP contribution in [-0.2, 0) is 9.84 Å². The highest BCUT2D eigenvalue weighted by Gasteiger charge is 2.30. The van der Waals surface area contributed by atoms with Crippen LogP contribution in [0.1, 0.15) is 10.1 Å². The number of hydrogen-bond acceptors (Lipinski definition) is 4. The lowest BCUT2D eigenvalue weighted by Gasteiger charge is -2.21. The minimum Gasteiger partial charge on any atom is -0.314 e. The van der Waals surface area contributed by atoms with Crippen molar-refractivity contribution in [3.05, 3.63) is 22.4 Å². The fraction of sp³-hybridized carbons (Fsp3) is 0.500. The van der Waals surface area contributed by atoms with Crippen LogP contribution in [0.4, 0.5) is 0 Å². The van der Waals surface area contributed by atoms with Gasteiger partial charge in [0.15, 0.2) is 9.84 Å². The normalized spacial score (nSPS) is 27.2. The molecule has 1 saturated heterocycles. The van der Waals surface area contributed by atoms with Crippen molar-refractivity contribution in [1.29, 1.82) is 0 Å². The molecule has 0 bridgehead atoms. The molecule has 1 N–H and O–H groups in total. The molecule has 1 unspecified atom stereocenters. The second-order valence-electron chi connectivity index (χ2n) is 3.08. The summed E-state index contributed by atoms with van der Waals surface area (Å²) in [6, 6.07) is 3.78.